The molecule has 53 heavy (non-hydrogen) atoms. The van der Waals surface area contributed by atoms with E-state index in [-0.39, 0.29) is 49.3 Å². The Hall–Kier alpha value is -4.22. The van der Waals surface area contributed by atoms with Crippen LogP contribution in [-0.4, -0.2) is 75.3 Å². The van der Waals surface area contributed by atoms with Crippen LogP contribution in [-0.2, 0) is 45.7 Å². The van der Waals surface area contributed by atoms with Crippen LogP contribution < -0.4 is 11.0 Å². The van der Waals surface area contributed by atoms with Gasteiger partial charge in [0, 0.05) is 25.6 Å². The summed E-state index contributed by atoms with van der Waals surface area (Å²) in [5.74, 6) is -1.21. The number of aromatic nitrogens is 3. The first-order valence-electron chi connectivity index (χ1n) is 17.7. The molecule has 0 radical (unpaired) electrons. The minimum atomic E-state index is -4.09. The molecule has 0 unspecified atom stereocenters. The van der Waals surface area contributed by atoms with Crippen molar-refractivity contribution < 1.29 is 28.2 Å². The Morgan fingerprint density at radius 1 is 1.11 bits per heavy atom. The van der Waals surface area contributed by atoms with Crippen LogP contribution in [0.25, 0.3) is 0 Å². The van der Waals surface area contributed by atoms with Gasteiger partial charge in [0.1, 0.15) is 17.6 Å². The molecule has 4 aromatic rings. The smallest absolute Gasteiger partial charge is 0.332 e. The number of ether oxygens (including phenoxy) is 1. The molecule has 2 aromatic heterocycles. The van der Waals surface area contributed by atoms with E-state index in [9.17, 15) is 33.1 Å². The fraction of sp³-hybridized carbons (Fsp3) is 0.486. The number of amides is 1. The summed E-state index contributed by atoms with van der Waals surface area (Å²) in [6.07, 6.45) is 3.78. The number of aromatic hydroxyl groups is 1. The van der Waals surface area contributed by atoms with Crippen LogP contribution in [0.5, 0.6) is 5.88 Å². The molecule has 2 aromatic carbocycles. The molecule has 1 amide bonds. The van der Waals surface area contributed by atoms with Gasteiger partial charge in [-0.15, -0.1) is 11.3 Å². The predicted molar refractivity (Wildman–Crippen MR) is 201 cm³/mol. The van der Waals surface area contributed by atoms with Crippen LogP contribution in [0, 0.1) is 16.7 Å². The third kappa shape index (κ3) is 10.1. The lowest BCUT2D eigenvalue weighted by Gasteiger charge is -2.32. The highest BCUT2D eigenvalue weighted by Crippen LogP contribution is 2.29. The zero-order chi connectivity index (χ0) is 38.1. The number of benzene rings is 2. The third-order valence-corrected chi connectivity index (χ3v) is 12.3. The van der Waals surface area contributed by atoms with E-state index in [2.05, 4.69) is 15.5 Å². The van der Waals surface area contributed by atoms with E-state index in [0.717, 1.165) is 40.8 Å². The molecule has 1 aliphatic carbocycles. The number of thiazole rings is 1. The average Bonchev–Trinajstić information content (AvgIpc) is 3.87. The zero-order valence-corrected chi connectivity index (χ0v) is 31.8. The van der Waals surface area contributed by atoms with Crippen LogP contribution in [0.4, 0.5) is 0 Å². The molecule has 1 fully saturated rings. The minimum absolute atomic E-state index is 0.0122. The normalized spacial score (nSPS) is 15.5. The number of carbonyl (C=O) groups is 1. The van der Waals surface area contributed by atoms with E-state index in [0.29, 0.717) is 17.9 Å². The number of aliphatic hydroxyl groups is 1. The lowest BCUT2D eigenvalue weighted by Crippen LogP contribution is -2.53. The van der Waals surface area contributed by atoms with E-state index in [1.807, 2.05) is 30.3 Å². The zero-order valence-electron chi connectivity index (χ0n) is 30.2. The van der Waals surface area contributed by atoms with Crippen LogP contribution in [0.3, 0.4) is 0 Å². The van der Waals surface area contributed by atoms with Crippen molar-refractivity contribution in [3.05, 3.63) is 103 Å². The summed E-state index contributed by atoms with van der Waals surface area (Å²) in [5, 5.41) is 31.0. The number of imidazole rings is 1. The van der Waals surface area contributed by atoms with E-state index >= 15 is 0 Å². The summed E-state index contributed by atoms with van der Waals surface area (Å²) in [6.45, 7) is 3.68. The van der Waals surface area contributed by atoms with E-state index in [4.69, 9.17) is 4.74 Å². The molecule has 2 heterocycles. The maximum Gasteiger partial charge on any atom is 0.332 e. The highest BCUT2D eigenvalue weighted by molar-refractivity contribution is 7.89. The molecule has 286 valence electrons. The van der Waals surface area contributed by atoms with Crippen molar-refractivity contribution in [3.63, 3.8) is 0 Å². The first-order valence-corrected chi connectivity index (χ1v) is 20.1. The molecular formula is C37H48N6O8S2. The van der Waals surface area contributed by atoms with Gasteiger partial charge in [-0.2, -0.15) is 9.21 Å². The van der Waals surface area contributed by atoms with E-state index in [1.54, 1.807) is 38.5 Å². The highest BCUT2D eigenvalue weighted by atomic mass is 32.2. The molecule has 5 rings (SSSR count). The van der Waals surface area contributed by atoms with Crippen molar-refractivity contribution >= 4 is 27.3 Å². The lowest BCUT2D eigenvalue weighted by molar-refractivity contribution is -0.127. The van der Waals surface area contributed by atoms with Crippen LogP contribution in [0.15, 0.2) is 81.0 Å². The molecule has 0 bridgehead atoms. The topological polar surface area (TPSA) is 185 Å². The maximum atomic E-state index is 14.2. The first kappa shape index (κ1) is 40.0. The molecule has 0 spiro atoms. The summed E-state index contributed by atoms with van der Waals surface area (Å²) in [4.78, 5) is 43.1. The summed E-state index contributed by atoms with van der Waals surface area (Å²) in [7, 11) is -2.54. The summed E-state index contributed by atoms with van der Waals surface area (Å²) in [6, 6.07) is 13.2. The molecule has 1 aliphatic rings. The second-order valence-corrected chi connectivity index (χ2v) is 16.8. The van der Waals surface area contributed by atoms with Gasteiger partial charge in [-0.1, -0.05) is 74.3 Å². The molecule has 16 heteroatoms. The van der Waals surface area contributed by atoms with Gasteiger partial charge in [0.25, 0.3) is 0 Å². The number of hydrogen-bond acceptors (Lipinski definition) is 11. The van der Waals surface area contributed by atoms with Gasteiger partial charge in [0.2, 0.25) is 21.8 Å². The second-order valence-electron chi connectivity index (χ2n) is 13.9. The number of nitrogens with one attached hydrogen (secondary N) is 1. The van der Waals surface area contributed by atoms with Crippen molar-refractivity contribution in [2.24, 2.45) is 17.0 Å². The van der Waals surface area contributed by atoms with Gasteiger partial charge >= 0.3 is 5.69 Å². The monoisotopic (exact) mass is 768 g/mol. The van der Waals surface area contributed by atoms with Gasteiger partial charge in [0.05, 0.1) is 42.1 Å². The Bertz CT molecular complexity index is 1970. The first-order chi connectivity index (χ1) is 25.4. The minimum Gasteiger partial charge on any atom is -0.493 e. The highest BCUT2D eigenvalue weighted by Gasteiger charge is 2.35. The molecule has 14 nitrogen and oxygen atoms in total. The van der Waals surface area contributed by atoms with Crippen LogP contribution in [0.1, 0.15) is 67.4 Å². The number of nitrogens with zero attached hydrogens (tertiary/aromatic N) is 5. The average molecular weight is 769 g/mol. The predicted octanol–water partition coefficient (Wildman–Crippen LogP) is 4.44. The van der Waals surface area contributed by atoms with Gasteiger partial charge in [-0.25, -0.2) is 18.2 Å². The largest absolute Gasteiger partial charge is 0.493 e. The molecule has 3 N–H and O–H groups in total. The second kappa shape index (κ2) is 18.2. The molecule has 0 saturated heterocycles. The van der Waals surface area contributed by atoms with E-state index in [1.165, 1.54) is 38.5 Å². The lowest BCUT2D eigenvalue weighted by atomic mass is 9.98. The molecular weight excluding hydrogens is 721 g/mol. The standard InChI is InChI=1S/C37H48N6O8S2/c1-25(2)35(43-22-34(45)42(37(43)47)20-29-24-52-33(39-29)23-51-3)36(46)40-31(17-26-9-5-4-6-10-26)32(44)21-41(19-28-11-7-8-12-28)53(49,50)30-15-13-27(14-16-30)18-38-48/h4-6,9-10,13-16,22,24-25,28,31-32,35,44-45H,7-8,11-12,17-21,23H2,1-3H3,(H,40,46)/t31-,32+,35-/m0/s1. The fourth-order valence-corrected chi connectivity index (χ4v) is 9.14. The molecule has 1 saturated carbocycles. The van der Waals surface area contributed by atoms with Gasteiger partial charge < -0.3 is 20.3 Å². The van der Waals surface area contributed by atoms with Crippen molar-refractivity contribution in [2.75, 3.05) is 20.2 Å². The Labute approximate surface area is 313 Å². The quantitative estimate of drug-likeness (QED) is 0.116. The number of sulfonamides is 1. The number of methoxy groups -OCH3 is 1. The number of nitroso groups, excluding NO2 is 1. The Balaban J connectivity index is 1.42. The third-order valence-electron chi connectivity index (χ3n) is 9.60. The number of aliphatic hydroxyl groups excluding tert-OH is 1. The molecule has 3 atom stereocenters. The number of hydrogen-bond donors (Lipinski definition) is 3. The summed E-state index contributed by atoms with van der Waals surface area (Å²) in [5.41, 5.74) is 1.33. The Morgan fingerprint density at radius 2 is 1.81 bits per heavy atom. The number of carbonyl (C=O) groups excluding carboxylic acids is 1. The van der Waals surface area contributed by atoms with Gasteiger partial charge in [-0.3, -0.25) is 13.9 Å². The summed E-state index contributed by atoms with van der Waals surface area (Å²) >= 11 is 1.37. The van der Waals surface area contributed by atoms with Crippen LogP contribution >= 0.6 is 11.3 Å². The van der Waals surface area contributed by atoms with E-state index < -0.39 is 45.7 Å². The Morgan fingerprint density at radius 3 is 2.45 bits per heavy atom. The van der Waals surface area contributed by atoms with Crippen molar-refractivity contribution in [1.82, 2.24) is 23.7 Å². The maximum absolute atomic E-state index is 14.2. The van der Waals surface area contributed by atoms with Crippen molar-refractivity contribution in [3.8, 4) is 5.88 Å². The van der Waals surface area contributed by atoms with Crippen molar-refractivity contribution in [1.29, 1.82) is 0 Å². The summed E-state index contributed by atoms with van der Waals surface area (Å²) < 4.78 is 37.0. The van der Waals surface area contributed by atoms with Gasteiger partial charge in [-0.05, 0) is 54.4 Å². The number of rotatable bonds is 19. The fourth-order valence-electron chi connectivity index (χ4n) is 6.86. The van der Waals surface area contributed by atoms with Crippen LogP contribution in [0.2, 0.25) is 0 Å². The SMILES string of the molecule is COCc1nc(Cn2c(O)cn([C@H](C(=O)N[C@@H](Cc3ccccc3)[C@H](O)CN(CC3CCCC3)S(=O)(=O)c3ccc(CN=O)cc3)C(C)C)c2=O)cs1. The molecule has 0 aliphatic heterocycles. The van der Waals surface area contributed by atoms with Crippen molar-refractivity contribution in [2.45, 2.75) is 88.7 Å². The Kier molecular flexibility index (Phi) is 13.7. The van der Waals surface area contributed by atoms with Gasteiger partial charge in [0.15, 0.2) is 0 Å².